The number of nitrogens with two attached hydrogens (primary N) is 1. The first-order valence-electron chi connectivity index (χ1n) is 5.39. The van der Waals surface area contributed by atoms with Crippen molar-refractivity contribution in [1.29, 1.82) is 5.26 Å². The number of nitrogens with zero attached hydrogens (tertiary/aromatic N) is 1. The van der Waals surface area contributed by atoms with Crippen molar-refractivity contribution < 1.29 is 0 Å². The summed E-state index contributed by atoms with van der Waals surface area (Å²) in [6, 6.07) is 7.74. The SMILES string of the molecule is C=C(NCC)c1ccc(C#N)cc1CCN. The van der Waals surface area contributed by atoms with E-state index in [0.29, 0.717) is 12.1 Å². The smallest absolute Gasteiger partial charge is 0.0991 e. The fraction of sp³-hybridized carbons (Fsp3) is 0.308. The molecule has 0 amide bonds. The molecular weight excluding hydrogens is 198 g/mol. The van der Waals surface area contributed by atoms with E-state index in [1.165, 1.54) is 0 Å². The van der Waals surface area contributed by atoms with Gasteiger partial charge in [-0.2, -0.15) is 5.26 Å². The molecule has 0 atom stereocenters. The van der Waals surface area contributed by atoms with Gasteiger partial charge in [-0.1, -0.05) is 12.6 Å². The van der Waals surface area contributed by atoms with Gasteiger partial charge in [0.25, 0.3) is 0 Å². The molecule has 0 saturated carbocycles. The minimum Gasteiger partial charge on any atom is -0.385 e. The summed E-state index contributed by atoms with van der Waals surface area (Å²) in [5.74, 6) is 0. The van der Waals surface area contributed by atoms with E-state index in [1.807, 2.05) is 19.1 Å². The average molecular weight is 215 g/mol. The second kappa shape index (κ2) is 5.94. The maximum absolute atomic E-state index is 8.84. The number of nitrogens with one attached hydrogen (secondary N) is 1. The van der Waals surface area contributed by atoms with Crippen molar-refractivity contribution in [3.8, 4) is 6.07 Å². The van der Waals surface area contributed by atoms with Crippen LogP contribution < -0.4 is 11.1 Å². The van der Waals surface area contributed by atoms with E-state index in [2.05, 4.69) is 18.0 Å². The molecule has 1 aromatic rings. The zero-order chi connectivity index (χ0) is 12.0. The molecule has 0 fully saturated rings. The maximum atomic E-state index is 8.84. The van der Waals surface area contributed by atoms with Crippen LogP contribution in [0.3, 0.4) is 0 Å². The van der Waals surface area contributed by atoms with Crippen LogP contribution in [0.25, 0.3) is 5.70 Å². The third-order valence-corrected chi connectivity index (χ3v) is 2.36. The standard InChI is InChI=1S/C13H17N3/c1-3-16-10(2)13-5-4-11(9-15)8-12(13)6-7-14/h4-5,8,16H,2-3,6-7,14H2,1H3. The molecule has 16 heavy (non-hydrogen) atoms. The molecule has 0 aliphatic heterocycles. The lowest BCUT2D eigenvalue weighted by Crippen LogP contribution is -2.13. The number of rotatable bonds is 5. The van der Waals surface area contributed by atoms with Crippen molar-refractivity contribution in [3.63, 3.8) is 0 Å². The van der Waals surface area contributed by atoms with Crippen LogP contribution in [0.15, 0.2) is 24.8 Å². The highest BCUT2D eigenvalue weighted by molar-refractivity contribution is 5.65. The van der Waals surface area contributed by atoms with Gasteiger partial charge in [-0.25, -0.2) is 0 Å². The van der Waals surface area contributed by atoms with Crippen LogP contribution in [-0.4, -0.2) is 13.1 Å². The second-order valence-electron chi connectivity index (χ2n) is 3.53. The van der Waals surface area contributed by atoms with Gasteiger partial charge < -0.3 is 11.1 Å². The van der Waals surface area contributed by atoms with Crippen molar-refractivity contribution in [1.82, 2.24) is 5.32 Å². The molecule has 1 rings (SSSR count). The Bertz CT molecular complexity index is 416. The molecule has 0 heterocycles. The zero-order valence-electron chi connectivity index (χ0n) is 9.59. The Morgan fingerprint density at radius 1 is 1.56 bits per heavy atom. The van der Waals surface area contributed by atoms with E-state index >= 15 is 0 Å². The lowest BCUT2D eigenvalue weighted by atomic mass is 9.99. The third-order valence-electron chi connectivity index (χ3n) is 2.36. The van der Waals surface area contributed by atoms with Crippen molar-refractivity contribution in [2.45, 2.75) is 13.3 Å². The van der Waals surface area contributed by atoms with Gasteiger partial charge in [-0.3, -0.25) is 0 Å². The molecule has 0 aromatic heterocycles. The topological polar surface area (TPSA) is 61.8 Å². The summed E-state index contributed by atoms with van der Waals surface area (Å²) in [5.41, 5.74) is 9.23. The summed E-state index contributed by atoms with van der Waals surface area (Å²) in [7, 11) is 0. The van der Waals surface area contributed by atoms with Crippen LogP contribution in [0.1, 0.15) is 23.6 Å². The summed E-state index contributed by atoms with van der Waals surface area (Å²) in [4.78, 5) is 0. The van der Waals surface area contributed by atoms with Gasteiger partial charge in [-0.15, -0.1) is 0 Å². The fourth-order valence-electron chi connectivity index (χ4n) is 1.63. The number of hydrogen-bond donors (Lipinski definition) is 2. The third kappa shape index (κ3) is 2.85. The molecule has 1 aromatic carbocycles. The minimum absolute atomic E-state index is 0.571. The quantitative estimate of drug-likeness (QED) is 0.785. The molecule has 0 aliphatic rings. The first-order valence-corrected chi connectivity index (χ1v) is 5.39. The molecule has 0 aliphatic carbocycles. The van der Waals surface area contributed by atoms with Gasteiger partial charge in [-0.05, 0) is 37.6 Å². The lowest BCUT2D eigenvalue weighted by molar-refractivity contribution is 0.924. The van der Waals surface area contributed by atoms with E-state index in [0.717, 1.165) is 29.8 Å². The van der Waals surface area contributed by atoms with Crippen LogP contribution in [-0.2, 0) is 6.42 Å². The molecule has 3 heteroatoms. The Balaban J connectivity index is 3.08. The van der Waals surface area contributed by atoms with Crippen molar-refractivity contribution in [2.75, 3.05) is 13.1 Å². The first-order chi connectivity index (χ1) is 7.72. The Morgan fingerprint density at radius 3 is 2.88 bits per heavy atom. The zero-order valence-corrected chi connectivity index (χ0v) is 9.59. The van der Waals surface area contributed by atoms with Gasteiger partial charge in [0.15, 0.2) is 0 Å². The van der Waals surface area contributed by atoms with Crippen molar-refractivity contribution in [2.24, 2.45) is 5.73 Å². The molecule has 0 unspecified atom stereocenters. The van der Waals surface area contributed by atoms with Crippen LogP contribution in [0, 0.1) is 11.3 Å². The molecular formula is C13H17N3. The predicted molar refractivity (Wildman–Crippen MR) is 66.6 cm³/mol. The van der Waals surface area contributed by atoms with Crippen molar-refractivity contribution >= 4 is 5.70 Å². The van der Waals surface area contributed by atoms with Gasteiger partial charge in [0.2, 0.25) is 0 Å². The molecule has 0 saturated heterocycles. The monoisotopic (exact) mass is 215 g/mol. The molecule has 0 bridgehead atoms. The first kappa shape index (κ1) is 12.3. The van der Waals surface area contributed by atoms with Gasteiger partial charge >= 0.3 is 0 Å². The number of benzene rings is 1. The number of hydrogen-bond acceptors (Lipinski definition) is 3. The molecule has 3 nitrogen and oxygen atoms in total. The Hall–Kier alpha value is -1.79. The van der Waals surface area contributed by atoms with Crippen LogP contribution in [0.2, 0.25) is 0 Å². The molecule has 84 valence electrons. The van der Waals surface area contributed by atoms with E-state index in [1.54, 1.807) is 6.07 Å². The highest BCUT2D eigenvalue weighted by atomic mass is 14.9. The van der Waals surface area contributed by atoms with Crippen molar-refractivity contribution in [3.05, 3.63) is 41.5 Å². The van der Waals surface area contributed by atoms with Crippen LogP contribution in [0.4, 0.5) is 0 Å². The van der Waals surface area contributed by atoms with Crippen LogP contribution in [0.5, 0.6) is 0 Å². The fourth-order valence-corrected chi connectivity index (χ4v) is 1.63. The minimum atomic E-state index is 0.571. The van der Waals surface area contributed by atoms with E-state index < -0.39 is 0 Å². The molecule has 0 spiro atoms. The maximum Gasteiger partial charge on any atom is 0.0991 e. The van der Waals surface area contributed by atoms with Gasteiger partial charge in [0.05, 0.1) is 11.6 Å². The normalized spacial score (nSPS) is 9.56. The Morgan fingerprint density at radius 2 is 2.31 bits per heavy atom. The second-order valence-corrected chi connectivity index (χ2v) is 3.53. The largest absolute Gasteiger partial charge is 0.385 e. The summed E-state index contributed by atoms with van der Waals surface area (Å²) >= 11 is 0. The average Bonchev–Trinajstić information content (AvgIpc) is 2.29. The number of nitriles is 1. The van der Waals surface area contributed by atoms with E-state index in [9.17, 15) is 0 Å². The Kier molecular flexibility index (Phi) is 4.56. The summed E-state index contributed by atoms with van der Waals surface area (Å²) in [6.45, 7) is 7.41. The van der Waals surface area contributed by atoms with Gasteiger partial charge in [0, 0.05) is 17.8 Å². The highest BCUT2D eigenvalue weighted by Gasteiger charge is 2.06. The van der Waals surface area contributed by atoms with E-state index in [-0.39, 0.29) is 0 Å². The van der Waals surface area contributed by atoms with E-state index in [4.69, 9.17) is 11.0 Å². The molecule has 3 N–H and O–H groups in total. The Labute approximate surface area is 96.6 Å². The highest BCUT2D eigenvalue weighted by Crippen LogP contribution is 2.18. The summed E-state index contributed by atoms with van der Waals surface area (Å²) in [6.07, 6.45) is 0.759. The van der Waals surface area contributed by atoms with Gasteiger partial charge in [0.1, 0.15) is 0 Å². The lowest BCUT2D eigenvalue weighted by Gasteiger charge is -2.12. The predicted octanol–water partition coefficient (Wildman–Crippen LogP) is 1.64. The molecule has 0 radical (unpaired) electrons. The summed E-state index contributed by atoms with van der Waals surface area (Å²) in [5, 5.41) is 12.0. The summed E-state index contributed by atoms with van der Waals surface area (Å²) < 4.78 is 0. The van der Waals surface area contributed by atoms with Crippen LogP contribution >= 0.6 is 0 Å².